The Labute approximate surface area is 298 Å². The minimum Gasteiger partial charge on any atom is -0.379 e. The molecule has 1 aliphatic carbocycles. The number of allylic oxidation sites excluding steroid dienone is 6. The maximum absolute atomic E-state index is 15.3. The van der Waals surface area contributed by atoms with Gasteiger partial charge in [-0.1, -0.05) is 77.5 Å². The van der Waals surface area contributed by atoms with Crippen LogP contribution in [0.4, 0.5) is 4.39 Å². The zero-order valence-electron chi connectivity index (χ0n) is 31.5. The lowest BCUT2D eigenvalue weighted by molar-refractivity contribution is -0.148. The van der Waals surface area contributed by atoms with Gasteiger partial charge in [-0.2, -0.15) is 0 Å². The van der Waals surface area contributed by atoms with Gasteiger partial charge in [0.2, 0.25) is 23.4 Å². The number of halogens is 1. The van der Waals surface area contributed by atoms with Crippen molar-refractivity contribution in [1.82, 2.24) is 25.8 Å². The van der Waals surface area contributed by atoms with Gasteiger partial charge in [0.15, 0.2) is 0 Å². The molecule has 3 N–H and O–H groups in total. The van der Waals surface area contributed by atoms with Crippen LogP contribution in [0.1, 0.15) is 73.1 Å². The number of carbonyl (C=O) groups is 4. The average Bonchev–Trinajstić information content (AvgIpc) is 3.69. The molecule has 2 saturated heterocycles. The van der Waals surface area contributed by atoms with Gasteiger partial charge in [0.1, 0.15) is 6.04 Å². The van der Waals surface area contributed by atoms with E-state index in [4.69, 9.17) is 9.47 Å². The molecule has 0 aromatic rings. The largest absolute Gasteiger partial charge is 0.379 e. The third kappa shape index (κ3) is 10.5. The predicted molar refractivity (Wildman–Crippen MR) is 193 cm³/mol. The predicted octanol–water partition coefficient (Wildman–Crippen LogP) is 3.55. The SMILES string of the molecule is CCC(C)C(C(CC(=O)N1CCCC1C(OC)[C@@H](C)C(=O)NCCC1C=CC=CC=C1)OC)N(C)C(=O)C(NC(=O)C1(F)CCNC1)C(C)C. The molecule has 0 spiro atoms. The monoisotopic (exact) mass is 703 g/mol. The number of carbonyl (C=O) groups excluding carboxylic acids is 4. The van der Waals surface area contributed by atoms with Crippen molar-refractivity contribution < 1.29 is 33.0 Å². The van der Waals surface area contributed by atoms with Gasteiger partial charge in [-0.3, -0.25) is 19.2 Å². The van der Waals surface area contributed by atoms with E-state index in [-0.39, 0.29) is 60.9 Å². The maximum atomic E-state index is 15.3. The molecule has 12 heteroatoms. The third-order valence-corrected chi connectivity index (χ3v) is 10.8. The third-order valence-electron chi connectivity index (χ3n) is 10.8. The van der Waals surface area contributed by atoms with Crippen molar-refractivity contribution in [1.29, 1.82) is 0 Å². The summed E-state index contributed by atoms with van der Waals surface area (Å²) in [6.45, 7) is 10.9. The second-order valence-electron chi connectivity index (χ2n) is 14.6. The number of amides is 4. The molecular formula is C38H62FN5O6. The summed E-state index contributed by atoms with van der Waals surface area (Å²) in [4.78, 5) is 57.7. The molecule has 3 aliphatic rings. The Kier molecular flexibility index (Phi) is 16.1. The van der Waals surface area contributed by atoms with E-state index in [2.05, 4.69) is 28.1 Å². The van der Waals surface area contributed by atoms with Crippen molar-refractivity contribution in [2.45, 2.75) is 109 Å². The molecule has 11 nitrogen and oxygen atoms in total. The average molecular weight is 704 g/mol. The van der Waals surface area contributed by atoms with Crippen molar-refractivity contribution in [3.05, 3.63) is 36.5 Å². The van der Waals surface area contributed by atoms with Crippen LogP contribution in [-0.4, -0.2) is 117 Å². The van der Waals surface area contributed by atoms with E-state index < -0.39 is 41.8 Å². The standard InChI is InChI=1S/C38H62FN5O6/c1-9-26(4)33(43(6)36(47)32(25(2)3)42-37(48)38(39)19-21-40-24-38)30(49-7)23-31(45)44-22-14-17-29(44)34(50-8)27(5)35(46)41-20-18-28-15-12-10-11-13-16-28/h10-13,15-16,25-30,32-34,40H,9,14,17-24H2,1-8H3,(H,41,46)(H,42,48)/t26?,27-,29?,30?,32?,33?,34?,38?/m1/s1. The summed E-state index contributed by atoms with van der Waals surface area (Å²) in [7, 11) is 4.79. The van der Waals surface area contributed by atoms with Crippen LogP contribution in [-0.2, 0) is 28.7 Å². The molecule has 4 amide bonds. The maximum Gasteiger partial charge on any atom is 0.259 e. The van der Waals surface area contributed by atoms with E-state index in [0.29, 0.717) is 32.5 Å². The van der Waals surface area contributed by atoms with Crippen LogP contribution < -0.4 is 16.0 Å². The first kappa shape index (κ1) is 41.3. The molecule has 0 bridgehead atoms. The summed E-state index contributed by atoms with van der Waals surface area (Å²) in [6.07, 6.45) is 14.1. The zero-order valence-corrected chi connectivity index (χ0v) is 31.5. The number of hydrogen-bond acceptors (Lipinski definition) is 7. The fourth-order valence-corrected chi connectivity index (χ4v) is 7.49. The van der Waals surface area contributed by atoms with Gasteiger partial charge in [-0.25, -0.2) is 4.39 Å². The first-order chi connectivity index (χ1) is 23.8. The van der Waals surface area contributed by atoms with Gasteiger partial charge in [0.25, 0.3) is 5.91 Å². The lowest BCUT2D eigenvalue weighted by atomic mass is 9.89. The molecular weight excluding hydrogens is 641 g/mol. The minimum atomic E-state index is -2.06. The van der Waals surface area contributed by atoms with Gasteiger partial charge in [-0.05, 0) is 43.6 Å². The van der Waals surface area contributed by atoms with E-state index in [0.717, 1.165) is 12.8 Å². The highest BCUT2D eigenvalue weighted by Gasteiger charge is 2.45. The molecule has 7 unspecified atom stereocenters. The van der Waals surface area contributed by atoms with Crippen LogP contribution in [0.15, 0.2) is 36.5 Å². The summed E-state index contributed by atoms with van der Waals surface area (Å²) in [5, 5.41) is 8.63. The Morgan fingerprint density at radius 3 is 2.30 bits per heavy atom. The molecule has 3 rings (SSSR count). The van der Waals surface area contributed by atoms with Crippen molar-refractivity contribution in [2.75, 3.05) is 47.4 Å². The molecule has 50 heavy (non-hydrogen) atoms. The van der Waals surface area contributed by atoms with Crippen molar-refractivity contribution in [3.63, 3.8) is 0 Å². The highest BCUT2D eigenvalue weighted by molar-refractivity contribution is 5.92. The van der Waals surface area contributed by atoms with Gasteiger partial charge in [0.05, 0.1) is 36.6 Å². The van der Waals surface area contributed by atoms with Crippen molar-refractivity contribution in [3.8, 4) is 0 Å². The van der Waals surface area contributed by atoms with Crippen LogP contribution in [0.25, 0.3) is 0 Å². The van der Waals surface area contributed by atoms with Gasteiger partial charge in [0, 0.05) is 47.3 Å². The lowest BCUT2D eigenvalue weighted by Gasteiger charge is -2.41. The number of nitrogens with one attached hydrogen (secondary N) is 3. The van der Waals surface area contributed by atoms with Crippen molar-refractivity contribution >= 4 is 23.6 Å². The number of likely N-dealkylation sites (N-methyl/N-ethyl adjacent to an activating group) is 1. The Hall–Kier alpha value is -3.09. The van der Waals surface area contributed by atoms with Crippen LogP contribution in [0.2, 0.25) is 0 Å². The molecule has 8 atom stereocenters. The summed E-state index contributed by atoms with van der Waals surface area (Å²) >= 11 is 0. The second-order valence-corrected chi connectivity index (χ2v) is 14.6. The molecule has 0 radical (unpaired) electrons. The lowest BCUT2D eigenvalue weighted by Crippen LogP contribution is -2.59. The highest BCUT2D eigenvalue weighted by atomic mass is 19.1. The number of nitrogens with zero attached hydrogens (tertiary/aromatic N) is 2. The minimum absolute atomic E-state index is 0.0197. The number of rotatable bonds is 18. The Bertz CT molecular complexity index is 1220. The van der Waals surface area contributed by atoms with E-state index in [9.17, 15) is 19.2 Å². The molecule has 282 valence electrons. The van der Waals surface area contributed by atoms with E-state index >= 15 is 4.39 Å². The Balaban J connectivity index is 1.70. The summed E-state index contributed by atoms with van der Waals surface area (Å²) in [5.74, 6) is -1.99. The van der Waals surface area contributed by atoms with Crippen LogP contribution in [0, 0.1) is 23.7 Å². The first-order valence-electron chi connectivity index (χ1n) is 18.4. The van der Waals surface area contributed by atoms with Crippen molar-refractivity contribution in [2.24, 2.45) is 23.7 Å². The van der Waals surface area contributed by atoms with Crippen LogP contribution in [0.5, 0.6) is 0 Å². The summed E-state index contributed by atoms with van der Waals surface area (Å²) in [5.41, 5.74) is -2.06. The molecule has 0 saturated carbocycles. The molecule has 0 aromatic carbocycles. The first-order valence-corrected chi connectivity index (χ1v) is 18.4. The summed E-state index contributed by atoms with van der Waals surface area (Å²) in [6, 6.07) is -1.73. The molecule has 2 aliphatic heterocycles. The number of alkyl halides is 1. The zero-order chi connectivity index (χ0) is 37.0. The fourth-order valence-electron chi connectivity index (χ4n) is 7.49. The smallest absolute Gasteiger partial charge is 0.259 e. The van der Waals surface area contributed by atoms with E-state index in [1.165, 1.54) is 7.11 Å². The van der Waals surface area contributed by atoms with Crippen LogP contribution in [0.3, 0.4) is 0 Å². The molecule has 0 aromatic heterocycles. The number of hydrogen-bond donors (Lipinski definition) is 3. The molecule has 2 heterocycles. The fraction of sp³-hybridized carbons (Fsp3) is 0.737. The van der Waals surface area contributed by atoms with E-state index in [1.54, 1.807) is 24.0 Å². The van der Waals surface area contributed by atoms with Gasteiger partial charge < -0.3 is 35.2 Å². The topological polar surface area (TPSA) is 129 Å². The Morgan fingerprint density at radius 1 is 1.06 bits per heavy atom. The Morgan fingerprint density at radius 2 is 1.74 bits per heavy atom. The van der Waals surface area contributed by atoms with Gasteiger partial charge in [-0.15, -0.1) is 0 Å². The number of ether oxygens (including phenoxy) is 2. The molecule has 2 fully saturated rings. The summed E-state index contributed by atoms with van der Waals surface area (Å²) < 4.78 is 27.1. The number of methoxy groups -OCH3 is 2. The van der Waals surface area contributed by atoms with Crippen LogP contribution >= 0.6 is 0 Å². The highest BCUT2D eigenvalue weighted by Crippen LogP contribution is 2.30. The van der Waals surface area contributed by atoms with Gasteiger partial charge >= 0.3 is 0 Å². The quantitative estimate of drug-likeness (QED) is 0.199. The normalized spacial score (nSPS) is 24.4. The van der Waals surface area contributed by atoms with E-state index in [1.807, 2.05) is 58.9 Å². The number of likely N-dealkylation sites (tertiary alicyclic amines) is 1. The second kappa shape index (κ2) is 19.5.